The van der Waals surface area contributed by atoms with Gasteiger partial charge >= 0.3 is 0 Å². The van der Waals surface area contributed by atoms with Crippen molar-refractivity contribution in [2.24, 2.45) is 0 Å². The number of nitrogens with zero attached hydrogens (tertiary/aromatic N) is 3. The standard InChI is InChI=1S/C29H22FN5O4S/c30-20-11-10-18(26(37)33-29-32-21-8-4-5-9-22(21)40-29)24-23(20)19(16-31-24)25(36)28(39)35-14-12-34(13-15-35)27(38)17-6-2-1-3-7-17/h1-11,16,31H,12-15H2,(H,32,33,37). The first-order chi connectivity index (χ1) is 19.4. The molecule has 1 aliphatic heterocycles. The maximum atomic E-state index is 15.0. The second-order valence-electron chi connectivity index (χ2n) is 9.27. The molecule has 1 fully saturated rings. The van der Waals surface area contributed by atoms with Crippen molar-refractivity contribution in [3.63, 3.8) is 0 Å². The van der Waals surface area contributed by atoms with Crippen LogP contribution in [0.3, 0.4) is 0 Å². The molecule has 200 valence electrons. The number of nitrogens with one attached hydrogen (secondary N) is 2. The van der Waals surface area contributed by atoms with Gasteiger partial charge in [0.1, 0.15) is 5.82 Å². The number of hydrogen-bond donors (Lipinski definition) is 2. The number of carbonyl (C=O) groups excluding carboxylic acids is 4. The van der Waals surface area contributed by atoms with Crippen molar-refractivity contribution in [1.29, 1.82) is 0 Å². The van der Waals surface area contributed by atoms with E-state index in [1.807, 2.05) is 30.3 Å². The van der Waals surface area contributed by atoms with Gasteiger partial charge in [0.15, 0.2) is 5.13 Å². The quantitative estimate of drug-likeness (QED) is 0.247. The van der Waals surface area contributed by atoms with E-state index >= 15 is 0 Å². The van der Waals surface area contributed by atoms with Crippen LogP contribution in [0, 0.1) is 5.82 Å². The van der Waals surface area contributed by atoms with Gasteiger partial charge in [-0.05, 0) is 36.4 Å². The summed E-state index contributed by atoms with van der Waals surface area (Å²) in [7, 11) is 0. The van der Waals surface area contributed by atoms with E-state index in [9.17, 15) is 23.6 Å². The van der Waals surface area contributed by atoms with Gasteiger partial charge in [-0.15, -0.1) is 0 Å². The molecule has 1 saturated heterocycles. The van der Waals surface area contributed by atoms with E-state index in [1.54, 1.807) is 29.2 Å². The highest BCUT2D eigenvalue weighted by atomic mass is 32.1. The second-order valence-corrected chi connectivity index (χ2v) is 10.3. The lowest BCUT2D eigenvalue weighted by Gasteiger charge is -2.34. The number of benzene rings is 3. The molecule has 9 nitrogen and oxygen atoms in total. The Morgan fingerprint density at radius 3 is 2.30 bits per heavy atom. The number of anilines is 1. The highest BCUT2D eigenvalue weighted by molar-refractivity contribution is 7.22. The zero-order valence-corrected chi connectivity index (χ0v) is 21.8. The average molecular weight is 556 g/mol. The SMILES string of the molecule is O=C(Nc1nc2ccccc2s1)c1ccc(F)c2c(C(=O)C(=O)N3CCN(C(=O)c4ccccc4)CC3)c[nH]c12. The van der Waals surface area contributed by atoms with Crippen molar-refractivity contribution in [1.82, 2.24) is 19.8 Å². The number of amides is 3. The van der Waals surface area contributed by atoms with Crippen molar-refractivity contribution in [3.8, 4) is 0 Å². The molecule has 1 aliphatic rings. The van der Waals surface area contributed by atoms with Crippen LogP contribution in [0.2, 0.25) is 0 Å². The second kappa shape index (κ2) is 10.3. The van der Waals surface area contributed by atoms with Crippen molar-refractivity contribution in [2.45, 2.75) is 0 Å². The van der Waals surface area contributed by atoms with Gasteiger partial charge in [0.05, 0.1) is 26.9 Å². The summed E-state index contributed by atoms with van der Waals surface area (Å²) in [5, 5.41) is 2.98. The lowest BCUT2D eigenvalue weighted by Crippen LogP contribution is -2.52. The monoisotopic (exact) mass is 555 g/mol. The molecule has 0 spiro atoms. The molecular formula is C29H22FN5O4S. The Bertz CT molecular complexity index is 1760. The lowest BCUT2D eigenvalue weighted by atomic mass is 10.0. The smallest absolute Gasteiger partial charge is 0.295 e. The number of thiazole rings is 1. The molecule has 2 N–H and O–H groups in total. The van der Waals surface area contributed by atoms with Gasteiger partial charge < -0.3 is 14.8 Å². The highest BCUT2D eigenvalue weighted by Crippen LogP contribution is 2.29. The molecule has 0 radical (unpaired) electrons. The third-order valence-electron chi connectivity index (χ3n) is 6.86. The molecule has 40 heavy (non-hydrogen) atoms. The summed E-state index contributed by atoms with van der Waals surface area (Å²) in [6, 6.07) is 18.7. The maximum Gasteiger partial charge on any atom is 0.295 e. The van der Waals surface area contributed by atoms with Crippen LogP contribution in [0.5, 0.6) is 0 Å². The predicted octanol–water partition coefficient (Wildman–Crippen LogP) is 4.34. The predicted molar refractivity (Wildman–Crippen MR) is 149 cm³/mol. The number of fused-ring (bicyclic) bond motifs is 2. The molecule has 0 aliphatic carbocycles. The molecule has 5 aromatic rings. The molecule has 0 atom stereocenters. The summed E-state index contributed by atoms with van der Waals surface area (Å²) in [6.45, 7) is 0.879. The number of piperazine rings is 1. The Labute approximate surface area is 231 Å². The van der Waals surface area contributed by atoms with Crippen molar-refractivity contribution < 1.29 is 23.6 Å². The summed E-state index contributed by atoms with van der Waals surface area (Å²) in [6.07, 6.45) is 1.25. The van der Waals surface area contributed by atoms with Gasteiger partial charge in [0.2, 0.25) is 0 Å². The van der Waals surface area contributed by atoms with E-state index in [2.05, 4.69) is 15.3 Å². The van der Waals surface area contributed by atoms with Crippen molar-refractivity contribution in [2.75, 3.05) is 31.5 Å². The summed E-state index contributed by atoms with van der Waals surface area (Å²) in [5.41, 5.74) is 1.34. The molecule has 0 saturated carbocycles. The number of aromatic amines is 1. The van der Waals surface area contributed by atoms with Crippen LogP contribution in [0.4, 0.5) is 9.52 Å². The Kier molecular flexibility index (Phi) is 6.56. The Hall–Kier alpha value is -4.90. The molecule has 3 heterocycles. The van der Waals surface area contributed by atoms with Crippen LogP contribution in [-0.4, -0.2) is 69.5 Å². The normalized spacial score (nSPS) is 13.5. The molecule has 11 heteroatoms. The molecular weight excluding hydrogens is 533 g/mol. The summed E-state index contributed by atoms with van der Waals surface area (Å²) in [5.74, 6) is -3.10. The first kappa shape index (κ1) is 25.4. The number of aromatic nitrogens is 2. The van der Waals surface area contributed by atoms with Crippen LogP contribution in [0.25, 0.3) is 21.1 Å². The molecule has 6 rings (SSSR count). The molecule has 0 bridgehead atoms. The summed E-state index contributed by atoms with van der Waals surface area (Å²) >= 11 is 1.30. The zero-order chi connectivity index (χ0) is 27.8. The van der Waals surface area contributed by atoms with E-state index in [1.165, 1.54) is 28.5 Å². The number of halogens is 1. The number of para-hydroxylation sites is 1. The van der Waals surface area contributed by atoms with Gasteiger partial charge in [0.25, 0.3) is 23.5 Å². The zero-order valence-electron chi connectivity index (χ0n) is 21.0. The first-order valence-corrected chi connectivity index (χ1v) is 13.4. The molecule has 0 unspecified atom stereocenters. The van der Waals surface area contributed by atoms with E-state index in [4.69, 9.17) is 0 Å². The maximum absolute atomic E-state index is 15.0. The van der Waals surface area contributed by atoms with E-state index in [0.29, 0.717) is 10.7 Å². The minimum absolute atomic E-state index is 0.105. The minimum atomic E-state index is -0.892. The van der Waals surface area contributed by atoms with Crippen LogP contribution in [0.1, 0.15) is 31.1 Å². The fourth-order valence-corrected chi connectivity index (χ4v) is 5.66. The minimum Gasteiger partial charge on any atom is -0.360 e. The number of Topliss-reactive ketones (excluding diaryl/α,β-unsaturated/α-hetero) is 1. The van der Waals surface area contributed by atoms with Crippen molar-refractivity contribution in [3.05, 3.63) is 95.4 Å². The Morgan fingerprint density at radius 1 is 0.850 bits per heavy atom. The lowest BCUT2D eigenvalue weighted by molar-refractivity contribution is -0.127. The third-order valence-corrected chi connectivity index (χ3v) is 7.81. The Balaban J connectivity index is 1.19. The first-order valence-electron chi connectivity index (χ1n) is 12.5. The van der Waals surface area contributed by atoms with Gasteiger partial charge in [-0.25, -0.2) is 9.37 Å². The van der Waals surface area contributed by atoms with Gasteiger partial charge in [0, 0.05) is 43.3 Å². The topological polar surface area (TPSA) is 115 Å². The molecule has 2 aromatic heterocycles. The number of ketones is 1. The summed E-state index contributed by atoms with van der Waals surface area (Å²) < 4.78 is 15.9. The number of rotatable bonds is 5. The Morgan fingerprint density at radius 2 is 1.55 bits per heavy atom. The fraction of sp³-hybridized carbons (Fsp3) is 0.138. The van der Waals surface area contributed by atoms with Crippen LogP contribution >= 0.6 is 11.3 Å². The third kappa shape index (κ3) is 4.60. The van der Waals surface area contributed by atoms with Gasteiger partial charge in [-0.2, -0.15) is 0 Å². The summed E-state index contributed by atoms with van der Waals surface area (Å²) in [4.78, 5) is 62.3. The number of hydrogen-bond acceptors (Lipinski definition) is 6. The number of carbonyl (C=O) groups is 4. The average Bonchev–Trinajstić information content (AvgIpc) is 3.61. The van der Waals surface area contributed by atoms with Crippen molar-refractivity contribution >= 4 is 61.1 Å². The van der Waals surface area contributed by atoms with Crippen LogP contribution in [0.15, 0.2) is 72.9 Å². The molecule has 3 aromatic carbocycles. The fourth-order valence-electron chi connectivity index (χ4n) is 4.80. The van der Waals surface area contributed by atoms with E-state index in [-0.39, 0.29) is 54.1 Å². The highest BCUT2D eigenvalue weighted by Gasteiger charge is 2.31. The molecule has 3 amide bonds. The van der Waals surface area contributed by atoms with Crippen LogP contribution in [-0.2, 0) is 4.79 Å². The largest absolute Gasteiger partial charge is 0.360 e. The van der Waals surface area contributed by atoms with Crippen LogP contribution < -0.4 is 5.32 Å². The number of H-pyrrole nitrogens is 1. The van der Waals surface area contributed by atoms with Gasteiger partial charge in [-0.1, -0.05) is 41.7 Å². The van der Waals surface area contributed by atoms with E-state index in [0.717, 1.165) is 16.3 Å². The van der Waals surface area contributed by atoms with E-state index < -0.39 is 23.4 Å². The van der Waals surface area contributed by atoms with Gasteiger partial charge in [-0.3, -0.25) is 24.5 Å².